The molecular formula is C19H27N3O2. The van der Waals surface area contributed by atoms with Crippen LogP contribution in [0.2, 0.25) is 0 Å². The Morgan fingerprint density at radius 3 is 2.67 bits per heavy atom. The highest BCUT2D eigenvalue weighted by Gasteiger charge is 2.33. The molecule has 5 nitrogen and oxygen atoms in total. The van der Waals surface area contributed by atoms with Gasteiger partial charge in [0, 0.05) is 24.2 Å². The molecular weight excluding hydrogens is 302 g/mol. The number of aliphatic hydroxyl groups is 1. The van der Waals surface area contributed by atoms with Crippen LogP contribution >= 0.6 is 0 Å². The lowest BCUT2D eigenvalue weighted by atomic mass is 9.92. The van der Waals surface area contributed by atoms with Crippen LogP contribution in [0.1, 0.15) is 43.8 Å². The van der Waals surface area contributed by atoms with Crippen LogP contribution in [0.15, 0.2) is 36.4 Å². The summed E-state index contributed by atoms with van der Waals surface area (Å²) in [6, 6.07) is 12.5. The summed E-state index contributed by atoms with van der Waals surface area (Å²) in [5.41, 5.74) is 3.37. The summed E-state index contributed by atoms with van der Waals surface area (Å²) in [6.45, 7) is 8.74. The lowest BCUT2D eigenvalue weighted by Crippen LogP contribution is -2.46. The number of nitrogens with one attached hydrogen (secondary N) is 1. The van der Waals surface area contributed by atoms with E-state index in [0.29, 0.717) is 6.61 Å². The van der Waals surface area contributed by atoms with Gasteiger partial charge in [-0.1, -0.05) is 51.1 Å². The second-order valence-electron chi connectivity index (χ2n) is 7.45. The molecule has 1 aliphatic heterocycles. The maximum Gasteiger partial charge on any atom is 0.100 e. The SMILES string of the molecule is CC(C)(C)c1cc(CN2CCO[C@H](CO)[C@H]2c2ccccc2)[nH]n1. The molecule has 2 heterocycles. The Labute approximate surface area is 143 Å². The van der Waals surface area contributed by atoms with Gasteiger partial charge in [0.05, 0.1) is 24.9 Å². The normalized spacial score (nSPS) is 22.7. The molecule has 2 atom stereocenters. The average Bonchev–Trinajstić information content (AvgIpc) is 3.04. The number of hydrogen-bond acceptors (Lipinski definition) is 4. The minimum atomic E-state index is -0.203. The second-order valence-corrected chi connectivity index (χ2v) is 7.45. The molecule has 2 aromatic rings. The van der Waals surface area contributed by atoms with Crippen molar-refractivity contribution >= 4 is 0 Å². The molecule has 2 N–H and O–H groups in total. The first kappa shape index (κ1) is 17.1. The number of H-pyrrole nitrogens is 1. The van der Waals surface area contributed by atoms with Crippen molar-refractivity contribution in [3.05, 3.63) is 53.3 Å². The van der Waals surface area contributed by atoms with E-state index < -0.39 is 0 Å². The molecule has 0 saturated carbocycles. The molecule has 0 bridgehead atoms. The van der Waals surface area contributed by atoms with Crippen molar-refractivity contribution in [2.45, 2.75) is 44.9 Å². The number of benzene rings is 1. The highest BCUT2D eigenvalue weighted by atomic mass is 16.5. The number of rotatable bonds is 4. The van der Waals surface area contributed by atoms with E-state index in [0.717, 1.165) is 24.5 Å². The fourth-order valence-corrected chi connectivity index (χ4v) is 3.24. The Morgan fingerprint density at radius 2 is 2.04 bits per heavy atom. The van der Waals surface area contributed by atoms with Gasteiger partial charge in [0.2, 0.25) is 0 Å². The molecule has 1 aliphatic rings. The van der Waals surface area contributed by atoms with Crippen LogP contribution < -0.4 is 0 Å². The monoisotopic (exact) mass is 329 g/mol. The topological polar surface area (TPSA) is 61.4 Å². The summed E-state index contributed by atoms with van der Waals surface area (Å²) in [6.07, 6.45) is -0.203. The maximum absolute atomic E-state index is 9.75. The summed E-state index contributed by atoms with van der Waals surface area (Å²) in [4.78, 5) is 2.36. The largest absolute Gasteiger partial charge is 0.394 e. The van der Waals surface area contributed by atoms with Gasteiger partial charge in [0.25, 0.3) is 0 Å². The fourth-order valence-electron chi connectivity index (χ4n) is 3.24. The molecule has 1 fully saturated rings. The zero-order valence-electron chi connectivity index (χ0n) is 14.7. The number of hydrogen-bond donors (Lipinski definition) is 2. The number of ether oxygens (including phenoxy) is 1. The predicted molar refractivity (Wildman–Crippen MR) is 93.7 cm³/mol. The van der Waals surface area contributed by atoms with Gasteiger partial charge in [-0.2, -0.15) is 5.10 Å². The lowest BCUT2D eigenvalue weighted by Gasteiger charge is -2.40. The molecule has 0 unspecified atom stereocenters. The zero-order valence-corrected chi connectivity index (χ0v) is 14.7. The molecule has 0 spiro atoms. The molecule has 3 rings (SSSR count). The third-order valence-corrected chi connectivity index (χ3v) is 4.55. The van der Waals surface area contributed by atoms with Gasteiger partial charge >= 0.3 is 0 Å². The van der Waals surface area contributed by atoms with E-state index in [2.05, 4.69) is 54.1 Å². The van der Waals surface area contributed by atoms with Crippen molar-refractivity contribution in [1.82, 2.24) is 15.1 Å². The fraction of sp³-hybridized carbons (Fsp3) is 0.526. The van der Waals surface area contributed by atoms with E-state index in [9.17, 15) is 5.11 Å². The Kier molecular flexibility index (Phi) is 5.04. The second kappa shape index (κ2) is 7.05. The number of morpholine rings is 1. The Hall–Kier alpha value is -1.69. The first-order chi connectivity index (χ1) is 11.5. The number of aliphatic hydroxyl groups excluding tert-OH is 1. The van der Waals surface area contributed by atoms with E-state index >= 15 is 0 Å². The molecule has 0 aliphatic carbocycles. The lowest BCUT2D eigenvalue weighted by molar-refractivity contribution is -0.0963. The highest BCUT2D eigenvalue weighted by molar-refractivity contribution is 5.22. The molecule has 1 aromatic carbocycles. The van der Waals surface area contributed by atoms with Crippen LogP contribution in [0.3, 0.4) is 0 Å². The summed E-state index contributed by atoms with van der Waals surface area (Å²) >= 11 is 0. The molecule has 0 amide bonds. The quantitative estimate of drug-likeness (QED) is 0.905. The van der Waals surface area contributed by atoms with E-state index in [1.54, 1.807) is 0 Å². The van der Waals surface area contributed by atoms with Crippen molar-refractivity contribution in [1.29, 1.82) is 0 Å². The molecule has 5 heteroatoms. The third-order valence-electron chi connectivity index (χ3n) is 4.55. The van der Waals surface area contributed by atoms with Gasteiger partial charge in [0.15, 0.2) is 0 Å². The van der Waals surface area contributed by atoms with Crippen LogP contribution in [0, 0.1) is 0 Å². The summed E-state index contributed by atoms with van der Waals surface area (Å²) in [5.74, 6) is 0. The zero-order chi connectivity index (χ0) is 17.2. The van der Waals surface area contributed by atoms with Gasteiger partial charge in [-0.25, -0.2) is 0 Å². The van der Waals surface area contributed by atoms with Crippen LogP contribution in [-0.4, -0.2) is 46.1 Å². The third kappa shape index (κ3) is 3.69. The van der Waals surface area contributed by atoms with E-state index in [-0.39, 0.29) is 24.2 Å². The predicted octanol–water partition coefficient (Wildman–Crippen LogP) is 2.64. The highest BCUT2D eigenvalue weighted by Crippen LogP contribution is 2.31. The van der Waals surface area contributed by atoms with Gasteiger partial charge in [-0.15, -0.1) is 0 Å². The van der Waals surface area contributed by atoms with Crippen molar-refractivity contribution in [3.63, 3.8) is 0 Å². The van der Waals surface area contributed by atoms with Crippen LogP contribution in [0.4, 0.5) is 0 Å². The standard InChI is InChI=1S/C19H27N3O2/c1-19(2,3)17-11-15(20-21-17)12-22-9-10-24-16(13-23)18(22)14-7-5-4-6-8-14/h4-8,11,16,18,23H,9-10,12-13H2,1-3H3,(H,20,21)/t16-,18-/m1/s1. The summed E-state index contributed by atoms with van der Waals surface area (Å²) < 4.78 is 5.80. The van der Waals surface area contributed by atoms with Crippen molar-refractivity contribution in [2.75, 3.05) is 19.8 Å². The molecule has 24 heavy (non-hydrogen) atoms. The number of aromatic nitrogens is 2. The number of aromatic amines is 1. The minimum absolute atomic E-state index is 0.0201. The van der Waals surface area contributed by atoms with Crippen LogP contribution in [0.25, 0.3) is 0 Å². The maximum atomic E-state index is 9.75. The van der Waals surface area contributed by atoms with Crippen molar-refractivity contribution in [3.8, 4) is 0 Å². The Bertz CT molecular complexity index is 648. The van der Waals surface area contributed by atoms with Gasteiger partial charge in [0.1, 0.15) is 6.10 Å². The van der Waals surface area contributed by atoms with Crippen molar-refractivity contribution in [2.24, 2.45) is 0 Å². The first-order valence-corrected chi connectivity index (χ1v) is 8.55. The Balaban J connectivity index is 1.83. The van der Waals surface area contributed by atoms with E-state index in [4.69, 9.17) is 4.74 Å². The first-order valence-electron chi connectivity index (χ1n) is 8.55. The average molecular weight is 329 g/mol. The van der Waals surface area contributed by atoms with E-state index in [1.165, 1.54) is 5.56 Å². The van der Waals surface area contributed by atoms with Gasteiger partial charge < -0.3 is 9.84 Å². The van der Waals surface area contributed by atoms with Crippen molar-refractivity contribution < 1.29 is 9.84 Å². The van der Waals surface area contributed by atoms with Crippen LogP contribution in [0.5, 0.6) is 0 Å². The smallest absolute Gasteiger partial charge is 0.100 e. The number of nitrogens with zero attached hydrogens (tertiary/aromatic N) is 2. The van der Waals surface area contributed by atoms with E-state index in [1.807, 2.05) is 18.2 Å². The van der Waals surface area contributed by atoms with Crippen LogP contribution in [-0.2, 0) is 16.7 Å². The molecule has 130 valence electrons. The molecule has 1 saturated heterocycles. The summed E-state index contributed by atoms with van der Waals surface area (Å²) in [7, 11) is 0. The molecule has 1 aromatic heterocycles. The Morgan fingerprint density at radius 1 is 1.29 bits per heavy atom. The molecule has 0 radical (unpaired) electrons. The summed E-state index contributed by atoms with van der Waals surface area (Å²) in [5, 5.41) is 17.4. The minimum Gasteiger partial charge on any atom is -0.394 e. The van der Waals surface area contributed by atoms with Gasteiger partial charge in [-0.05, 0) is 11.6 Å². The van der Waals surface area contributed by atoms with Gasteiger partial charge in [-0.3, -0.25) is 10.00 Å².